The fourth-order valence-electron chi connectivity index (χ4n) is 6.70. The van der Waals surface area contributed by atoms with Crippen LogP contribution in [-0.2, 0) is 14.6 Å². The van der Waals surface area contributed by atoms with Crippen LogP contribution in [0.3, 0.4) is 0 Å². The number of anilines is 1. The van der Waals surface area contributed by atoms with Gasteiger partial charge >= 0.3 is 5.51 Å². The van der Waals surface area contributed by atoms with Gasteiger partial charge in [0.05, 0.1) is 34.1 Å². The van der Waals surface area contributed by atoms with Crippen molar-refractivity contribution < 1.29 is 40.7 Å². The average molecular weight is 688 g/mol. The van der Waals surface area contributed by atoms with E-state index in [2.05, 4.69) is 33.5 Å². The van der Waals surface area contributed by atoms with E-state index in [9.17, 15) is 31.2 Å². The zero-order valence-corrected chi connectivity index (χ0v) is 26.2. The van der Waals surface area contributed by atoms with E-state index in [4.69, 9.17) is 9.47 Å². The fraction of sp³-hybridized carbons (Fsp3) is 0.533. The number of benzene rings is 2. The normalized spacial score (nSPS) is 27.0. The SMILES string of the molecule is COc1cc(Br)c(O[C@H]2CC[C@@H](C)CC2)cc1C(=O)N[C@@H]1[C@H]2CC[C@H](C2)[C@@H]1C(=O)Nc1cccc(S(=O)(=O)C(F)(F)F)c1. The van der Waals surface area contributed by atoms with E-state index in [1.54, 1.807) is 12.1 Å². The molecule has 3 aliphatic carbocycles. The Morgan fingerprint density at radius 3 is 2.35 bits per heavy atom. The first kappa shape index (κ1) is 31.6. The van der Waals surface area contributed by atoms with Crippen LogP contribution < -0.4 is 20.1 Å². The van der Waals surface area contributed by atoms with E-state index in [-0.39, 0.29) is 29.2 Å². The van der Waals surface area contributed by atoms with Gasteiger partial charge < -0.3 is 20.1 Å². The lowest BCUT2D eigenvalue weighted by Gasteiger charge is -2.31. The van der Waals surface area contributed by atoms with Gasteiger partial charge in [-0.25, -0.2) is 8.42 Å². The number of fused-ring (bicyclic) bond motifs is 2. The van der Waals surface area contributed by atoms with Gasteiger partial charge in [0.15, 0.2) is 0 Å². The molecule has 234 valence electrons. The minimum absolute atomic E-state index is 0.0307. The lowest BCUT2D eigenvalue weighted by atomic mass is 9.83. The number of hydrogen-bond donors (Lipinski definition) is 2. The lowest BCUT2D eigenvalue weighted by molar-refractivity contribution is -0.122. The molecule has 2 aromatic carbocycles. The summed E-state index contributed by atoms with van der Waals surface area (Å²) in [5.41, 5.74) is -5.28. The Hall–Kier alpha value is -2.80. The molecule has 0 radical (unpaired) electrons. The summed E-state index contributed by atoms with van der Waals surface area (Å²) < 4.78 is 75.4. The summed E-state index contributed by atoms with van der Waals surface area (Å²) in [6.45, 7) is 2.22. The van der Waals surface area contributed by atoms with Crippen LogP contribution in [0.2, 0.25) is 0 Å². The van der Waals surface area contributed by atoms with Crippen LogP contribution in [0.1, 0.15) is 62.2 Å². The van der Waals surface area contributed by atoms with Crippen molar-refractivity contribution in [2.24, 2.45) is 23.7 Å². The highest BCUT2D eigenvalue weighted by molar-refractivity contribution is 9.10. The molecule has 2 bridgehead atoms. The third-order valence-corrected chi connectivity index (χ3v) is 11.1. The molecule has 0 saturated heterocycles. The van der Waals surface area contributed by atoms with E-state index in [1.165, 1.54) is 13.2 Å². The molecule has 4 atom stereocenters. The standard InChI is InChI=1S/C30H34BrF3N2O6S/c1-16-6-10-20(11-7-16)42-25-14-22(24(41-2)15-23(25)31)28(37)36-27-18-9-8-17(12-18)26(27)29(38)35-19-4-3-5-21(13-19)43(39,40)30(32,33)34/h3-5,13-18,20,26-27H,6-12H2,1-2H3,(H,35,38)(H,36,37)/t16-,17-,18+,20+,26+,27-/m1/s1. The predicted octanol–water partition coefficient (Wildman–Crippen LogP) is 6.49. The van der Waals surface area contributed by atoms with Crippen LogP contribution >= 0.6 is 15.9 Å². The third kappa shape index (κ3) is 6.52. The Morgan fingerprint density at radius 1 is 0.977 bits per heavy atom. The summed E-state index contributed by atoms with van der Waals surface area (Å²) >= 11 is 3.52. The lowest BCUT2D eigenvalue weighted by Crippen LogP contribution is -2.48. The zero-order valence-electron chi connectivity index (χ0n) is 23.7. The van der Waals surface area contributed by atoms with Crippen LogP contribution in [0.4, 0.5) is 18.9 Å². The molecular formula is C30H34BrF3N2O6S. The van der Waals surface area contributed by atoms with Gasteiger partial charge in [-0.15, -0.1) is 0 Å². The molecule has 5 rings (SSSR count). The second kappa shape index (κ2) is 12.3. The molecule has 3 saturated carbocycles. The highest BCUT2D eigenvalue weighted by Gasteiger charge is 2.52. The largest absolute Gasteiger partial charge is 0.501 e. The first-order chi connectivity index (χ1) is 20.3. The van der Waals surface area contributed by atoms with Crippen molar-refractivity contribution in [2.75, 3.05) is 12.4 Å². The second-order valence-corrected chi connectivity index (χ2v) is 14.6. The monoisotopic (exact) mass is 686 g/mol. The summed E-state index contributed by atoms with van der Waals surface area (Å²) in [7, 11) is -4.12. The number of sulfone groups is 1. The summed E-state index contributed by atoms with van der Waals surface area (Å²) in [6, 6.07) is 6.90. The molecule has 2 amide bonds. The Balaban J connectivity index is 1.34. The Morgan fingerprint density at radius 2 is 1.67 bits per heavy atom. The van der Waals surface area contributed by atoms with Gasteiger partial charge in [-0.05, 0) is 109 Å². The smallest absolute Gasteiger partial charge is 0.496 e. The number of carbonyl (C=O) groups excluding carboxylic acids is 2. The number of methoxy groups -OCH3 is 1. The number of alkyl halides is 3. The highest BCUT2D eigenvalue weighted by atomic mass is 79.9. The summed E-state index contributed by atoms with van der Waals surface area (Å²) in [4.78, 5) is 26.2. The molecule has 0 unspecified atom stereocenters. The zero-order chi connectivity index (χ0) is 31.1. The quantitative estimate of drug-likeness (QED) is 0.328. The van der Waals surface area contributed by atoms with Gasteiger partial charge in [0.2, 0.25) is 5.91 Å². The molecule has 8 nitrogen and oxygen atoms in total. The minimum Gasteiger partial charge on any atom is -0.496 e. The third-order valence-electron chi connectivity index (χ3n) is 8.99. The van der Waals surface area contributed by atoms with Crippen molar-refractivity contribution in [1.82, 2.24) is 5.32 Å². The van der Waals surface area contributed by atoms with E-state index >= 15 is 0 Å². The molecule has 3 fully saturated rings. The fourth-order valence-corrected chi connectivity index (χ4v) is 7.93. The molecule has 2 N–H and O–H groups in total. The van der Waals surface area contributed by atoms with Crippen LogP contribution in [0.15, 0.2) is 45.8 Å². The summed E-state index contributed by atoms with van der Waals surface area (Å²) in [5, 5.41) is 5.62. The second-order valence-electron chi connectivity index (χ2n) is 11.8. The van der Waals surface area contributed by atoms with Gasteiger partial charge in [-0.3, -0.25) is 9.59 Å². The number of ether oxygens (including phenoxy) is 2. The maximum absolute atomic E-state index is 13.7. The molecule has 0 spiro atoms. The molecule has 13 heteroatoms. The topological polar surface area (TPSA) is 111 Å². The van der Waals surface area contributed by atoms with E-state index in [0.29, 0.717) is 21.9 Å². The van der Waals surface area contributed by atoms with Crippen molar-refractivity contribution in [3.63, 3.8) is 0 Å². The minimum atomic E-state index is -5.58. The van der Waals surface area contributed by atoms with Gasteiger partial charge in [-0.1, -0.05) is 13.0 Å². The predicted molar refractivity (Wildman–Crippen MR) is 157 cm³/mol. The number of hydrogen-bond acceptors (Lipinski definition) is 6. The molecule has 2 aromatic rings. The van der Waals surface area contributed by atoms with Crippen molar-refractivity contribution in [1.29, 1.82) is 0 Å². The maximum atomic E-state index is 13.7. The molecule has 0 aliphatic heterocycles. The number of nitrogens with one attached hydrogen (secondary N) is 2. The number of carbonyl (C=O) groups is 2. The van der Waals surface area contributed by atoms with Crippen molar-refractivity contribution in [2.45, 2.75) is 74.4 Å². The van der Waals surface area contributed by atoms with Crippen LogP contribution in [-0.4, -0.2) is 45.0 Å². The summed E-state index contributed by atoms with van der Waals surface area (Å²) in [6.07, 6.45) is 6.35. The Labute approximate surface area is 257 Å². The van der Waals surface area contributed by atoms with E-state index < -0.39 is 44.0 Å². The van der Waals surface area contributed by atoms with Crippen molar-refractivity contribution >= 4 is 43.3 Å². The van der Waals surface area contributed by atoms with E-state index in [0.717, 1.165) is 63.1 Å². The van der Waals surface area contributed by atoms with Gasteiger partial charge in [0.25, 0.3) is 15.7 Å². The molecule has 0 aromatic heterocycles. The van der Waals surface area contributed by atoms with Crippen LogP contribution in [0.25, 0.3) is 0 Å². The molecule has 3 aliphatic rings. The maximum Gasteiger partial charge on any atom is 0.501 e. The average Bonchev–Trinajstić information content (AvgIpc) is 3.56. The summed E-state index contributed by atoms with van der Waals surface area (Å²) in [5.74, 6) is -0.0317. The van der Waals surface area contributed by atoms with Gasteiger partial charge in [0.1, 0.15) is 11.5 Å². The Kier molecular flexibility index (Phi) is 9.04. The van der Waals surface area contributed by atoms with E-state index in [1.807, 2.05) is 0 Å². The number of amides is 2. The first-order valence-corrected chi connectivity index (χ1v) is 16.6. The van der Waals surface area contributed by atoms with Crippen LogP contribution in [0.5, 0.6) is 11.5 Å². The number of halogens is 4. The van der Waals surface area contributed by atoms with Crippen molar-refractivity contribution in [3.8, 4) is 11.5 Å². The van der Waals surface area contributed by atoms with Gasteiger partial charge in [-0.2, -0.15) is 13.2 Å². The molecule has 43 heavy (non-hydrogen) atoms. The molecule has 0 heterocycles. The van der Waals surface area contributed by atoms with Crippen molar-refractivity contribution in [3.05, 3.63) is 46.4 Å². The van der Waals surface area contributed by atoms with Crippen LogP contribution in [0, 0.1) is 23.7 Å². The Bertz CT molecular complexity index is 1490. The van der Waals surface area contributed by atoms with Gasteiger partial charge in [0, 0.05) is 11.7 Å². The number of rotatable bonds is 8. The highest BCUT2D eigenvalue weighted by Crippen LogP contribution is 2.49. The first-order valence-electron chi connectivity index (χ1n) is 14.4. The molecular weight excluding hydrogens is 653 g/mol.